The van der Waals surface area contributed by atoms with Gasteiger partial charge in [-0.1, -0.05) is 10.1 Å². The van der Waals surface area contributed by atoms with Crippen LogP contribution in [0.4, 0.5) is 28.4 Å². The number of benzene rings is 4. The van der Waals surface area contributed by atoms with E-state index in [2.05, 4.69) is 40.3 Å². The number of azo groups is 2. The van der Waals surface area contributed by atoms with Crippen molar-refractivity contribution in [2.24, 2.45) is 20.5 Å². The topological polar surface area (TPSA) is 151 Å². The molecule has 0 spiro atoms. The summed E-state index contributed by atoms with van der Waals surface area (Å²) in [6.45, 7) is 0. The number of nitrogens with two attached hydrogens (primary N) is 1. The lowest BCUT2D eigenvalue weighted by molar-refractivity contribution is -0.447. The Morgan fingerprint density at radius 2 is 1.24 bits per heavy atom. The van der Waals surface area contributed by atoms with Crippen molar-refractivity contribution in [2.75, 3.05) is 20.0 Å². The Kier molecular flexibility index (Phi) is 9.97. The summed E-state index contributed by atoms with van der Waals surface area (Å²) in [6.07, 6.45) is 0. The van der Waals surface area contributed by atoms with Crippen molar-refractivity contribution in [1.82, 2.24) is 0 Å². The number of hydrogen-bond acceptors (Lipinski definition) is 14. The Morgan fingerprint density at radius 1 is 0.684 bits per heavy atom. The highest BCUT2D eigenvalue weighted by atomic mass is 32.2. The van der Waals surface area contributed by atoms with Gasteiger partial charge in [0, 0.05) is 16.0 Å². The molecule has 4 rings (SSSR count). The molecule has 0 aliphatic carbocycles. The van der Waals surface area contributed by atoms with Gasteiger partial charge in [-0.05, 0) is 78.2 Å². The number of nitrogens with zero attached hydrogens (tertiary/aromatic N) is 4. The molecule has 4 aromatic rings. The zero-order valence-corrected chi connectivity index (χ0v) is 21.6. The lowest BCUT2D eigenvalue weighted by Gasteiger charge is -2.09. The molecule has 0 amide bonds. The smallest absolute Gasteiger partial charge is 0.152 e. The molecule has 0 bridgehead atoms. The number of aromatic hydroxyl groups is 1. The summed E-state index contributed by atoms with van der Waals surface area (Å²) in [5, 5.41) is 37.9. The number of fused-ring (bicyclic) bond motifs is 1. The third kappa shape index (κ3) is 7.47. The number of rotatable bonds is 12. The number of nitrogen functional groups attached to an aromatic ring is 1. The van der Waals surface area contributed by atoms with E-state index in [1.165, 1.54) is 14.2 Å². The van der Waals surface area contributed by atoms with Gasteiger partial charge >= 0.3 is 0 Å². The van der Waals surface area contributed by atoms with Gasteiger partial charge in [-0.2, -0.15) is 15.3 Å². The van der Waals surface area contributed by atoms with Crippen LogP contribution in [0.3, 0.4) is 0 Å². The first-order valence-electron chi connectivity index (χ1n) is 10.7. The largest absolute Gasteiger partial charge is 0.505 e. The first kappa shape index (κ1) is 27.4. The van der Waals surface area contributed by atoms with E-state index < -0.39 is 0 Å². The molecular formula is C24H21N5O7S2. The summed E-state index contributed by atoms with van der Waals surface area (Å²) >= 11 is 1.81. The van der Waals surface area contributed by atoms with Crippen molar-refractivity contribution in [3.8, 4) is 5.75 Å². The van der Waals surface area contributed by atoms with Crippen LogP contribution in [0.25, 0.3) is 10.8 Å². The zero-order chi connectivity index (χ0) is 26.7. The first-order valence-corrected chi connectivity index (χ1v) is 12.2. The van der Waals surface area contributed by atoms with Crippen LogP contribution < -0.4 is 5.73 Å². The molecule has 0 atom stereocenters. The van der Waals surface area contributed by atoms with Crippen LogP contribution in [-0.2, 0) is 28.5 Å². The zero-order valence-electron chi connectivity index (χ0n) is 20.0. The molecule has 0 saturated carbocycles. The van der Waals surface area contributed by atoms with Crippen LogP contribution >= 0.6 is 24.1 Å². The van der Waals surface area contributed by atoms with Gasteiger partial charge in [-0.25, -0.2) is 9.78 Å². The van der Waals surface area contributed by atoms with Crippen molar-refractivity contribution in [2.45, 2.75) is 9.79 Å². The van der Waals surface area contributed by atoms with Gasteiger partial charge in [-0.3, -0.25) is 0 Å². The number of phenolic OH excluding ortho intramolecular Hbond substituents is 1. The van der Waals surface area contributed by atoms with Crippen LogP contribution in [0.1, 0.15) is 0 Å². The molecule has 0 unspecified atom stereocenters. The minimum Gasteiger partial charge on any atom is -0.505 e. The Labute approximate surface area is 225 Å². The van der Waals surface area contributed by atoms with Crippen LogP contribution in [0.2, 0.25) is 0 Å². The van der Waals surface area contributed by atoms with Crippen molar-refractivity contribution in [1.29, 1.82) is 0 Å². The highest BCUT2D eigenvalue weighted by Crippen LogP contribution is 2.44. The molecule has 0 saturated heterocycles. The molecule has 14 heteroatoms. The number of anilines is 1. The van der Waals surface area contributed by atoms with E-state index in [0.29, 0.717) is 38.4 Å². The first-order chi connectivity index (χ1) is 18.6. The van der Waals surface area contributed by atoms with E-state index >= 15 is 0 Å². The third-order valence-corrected chi connectivity index (χ3v) is 5.96. The van der Waals surface area contributed by atoms with Gasteiger partial charge in [0.1, 0.15) is 5.69 Å². The Hall–Kier alpha value is -3.60. The van der Waals surface area contributed by atoms with E-state index in [-0.39, 0.29) is 11.4 Å². The van der Waals surface area contributed by atoms with Gasteiger partial charge in [0.05, 0.1) is 60.3 Å². The standard InChI is InChI=1S/C24H21N5O7S2/c1-31-33-35-37-20-10-8-19(9-11-20)27-26-17-4-6-18(7-5-17)28-29-23-22(38-36-34-32-2)14-15-13-16(25)3-12-21(15)24(23)30/h3-14,30H,25H2,1-2H3. The van der Waals surface area contributed by atoms with Gasteiger partial charge in [0.25, 0.3) is 0 Å². The van der Waals surface area contributed by atoms with Gasteiger partial charge in [0.15, 0.2) is 5.75 Å². The lowest BCUT2D eigenvalue weighted by Crippen LogP contribution is -1.87. The Balaban J connectivity index is 1.48. The molecule has 0 heterocycles. The van der Waals surface area contributed by atoms with Crippen LogP contribution in [0.15, 0.2) is 103 Å². The maximum atomic E-state index is 10.9. The number of phenols is 1. The summed E-state index contributed by atoms with van der Waals surface area (Å²) in [6, 6.07) is 21.0. The fourth-order valence-corrected chi connectivity index (χ4v) is 4.02. The minimum absolute atomic E-state index is 0.0811. The average Bonchev–Trinajstić information content (AvgIpc) is 2.93. The third-order valence-electron chi connectivity index (χ3n) is 4.75. The molecule has 0 radical (unpaired) electrons. The lowest BCUT2D eigenvalue weighted by atomic mass is 10.1. The summed E-state index contributed by atoms with van der Waals surface area (Å²) in [4.78, 5) is 10.0. The molecule has 0 fully saturated rings. The second-order valence-corrected chi connectivity index (χ2v) is 8.75. The molecular weight excluding hydrogens is 534 g/mol. The highest BCUT2D eigenvalue weighted by Gasteiger charge is 2.15. The molecule has 0 aliphatic rings. The van der Waals surface area contributed by atoms with E-state index in [1.54, 1.807) is 72.8 Å². The Bertz CT molecular complexity index is 1420. The minimum atomic E-state index is -0.0811. The van der Waals surface area contributed by atoms with E-state index in [1.807, 2.05) is 0 Å². The Morgan fingerprint density at radius 3 is 1.84 bits per heavy atom. The molecule has 4 aromatic carbocycles. The normalized spacial score (nSPS) is 11.7. The quantitative estimate of drug-likeness (QED) is 0.0439. The van der Waals surface area contributed by atoms with E-state index in [4.69, 9.17) is 14.4 Å². The monoisotopic (exact) mass is 555 g/mol. The second kappa shape index (κ2) is 13.8. The summed E-state index contributed by atoms with van der Waals surface area (Å²) < 4.78 is 9.66. The molecule has 196 valence electrons. The predicted molar refractivity (Wildman–Crippen MR) is 141 cm³/mol. The summed E-state index contributed by atoms with van der Waals surface area (Å²) in [5.74, 6) is -0.0811. The van der Waals surface area contributed by atoms with Crippen molar-refractivity contribution in [3.05, 3.63) is 72.8 Å². The average molecular weight is 556 g/mol. The highest BCUT2D eigenvalue weighted by molar-refractivity contribution is 7.94. The van der Waals surface area contributed by atoms with Crippen molar-refractivity contribution in [3.63, 3.8) is 0 Å². The number of hydrogen-bond donors (Lipinski definition) is 2. The maximum absolute atomic E-state index is 10.9. The fourth-order valence-electron chi connectivity index (χ4n) is 3.07. The van der Waals surface area contributed by atoms with Gasteiger partial charge in [0.2, 0.25) is 0 Å². The molecule has 0 aliphatic heterocycles. The summed E-state index contributed by atoms with van der Waals surface area (Å²) in [7, 11) is 2.65. The van der Waals surface area contributed by atoms with Crippen LogP contribution in [0, 0.1) is 0 Å². The van der Waals surface area contributed by atoms with E-state index in [9.17, 15) is 5.11 Å². The molecule has 12 nitrogen and oxygen atoms in total. The SMILES string of the molecule is COOOSc1ccc(N=Nc2ccc(N=Nc3c(SOOOC)cc4cc(N)ccc4c3O)cc2)cc1. The summed E-state index contributed by atoms with van der Waals surface area (Å²) in [5.41, 5.74) is 8.42. The van der Waals surface area contributed by atoms with Crippen molar-refractivity contribution >= 4 is 63.3 Å². The van der Waals surface area contributed by atoms with E-state index in [0.717, 1.165) is 29.0 Å². The predicted octanol–water partition coefficient (Wildman–Crippen LogP) is 7.99. The molecule has 0 aromatic heterocycles. The fraction of sp³-hybridized carbons (Fsp3) is 0.0833. The van der Waals surface area contributed by atoms with Crippen LogP contribution in [0.5, 0.6) is 5.75 Å². The maximum Gasteiger partial charge on any atom is 0.152 e. The molecule has 38 heavy (non-hydrogen) atoms. The van der Waals surface area contributed by atoms with Crippen molar-refractivity contribution < 1.29 is 33.6 Å². The van der Waals surface area contributed by atoms with Crippen LogP contribution in [-0.4, -0.2) is 19.3 Å². The molecule has 3 N–H and O–H groups in total. The second-order valence-electron chi connectivity index (χ2n) is 7.23. The van der Waals surface area contributed by atoms with Gasteiger partial charge in [-0.15, -0.1) is 13.8 Å². The van der Waals surface area contributed by atoms with Gasteiger partial charge < -0.3 is 10.8 Å².